The Hall–Kier alpha value is -0.920. The lowest BCUT2D eigenvalue weighted by Crippen LogP contribution is -2.30. The lowest BCUT2D eigenvalue weighted by molar-refractivity contribution is 0.117. The molecule has 96 valence electrons. The zero-order chi connectivity index (χ0) is 12.3. The minimum Gasteiger partial charge on any atom is -0.380 e. The van der Waals surface area contributed by atoms with Crippen molar-refractivity contribution in [1.82, 2.24) is 14.5 Å². The van der Waals surface area contributed by atoms with Crippen molar-refractivity contribution in [2.24, 2.45) is 5.92 Å². The quantitative estimate of drug-likeness (QED) is 0.722. The van der Waals surface area contributed by atoms with Crippen LogP contribution in [0, 0.1) is 5.92 Å². The van der Waals surface area contributed by atoms with Gasteiger partial charge >= 0.3 is 0 Å². The molecule has 0 amide bonds. The lowest BCUT2D eigenvalue weighted by atomic mass is 10.5. The number of nitrogens with one attached hydrogen (secondary N) is 1. The summed E-state index contributed by atoms with van der Waals surface area (Å²) in [5, 5.41) is 6.13. The second-order valence-corrected chi connectivity index (χ2v) is 6.32. The van der Waals surface area contributed by atoms with Crippen LogP contribution in [-0.4, -0.2) is 49.7 Å². The number of hydrogen-bond acceptors (Lipinski definition) is 4. The summed E-state index contributed by atoms with van der Waals surface area (Å²) in [6, 6.07) is 0. The van der Waals surface area contributed by atoms with Crippen LogP contribution >= 0.6 is 0 Å². The zero-order valence-electron chi connectivity index (χ0n) is 9.80. The van der Waals surface area contributed by atoms with Crippen LogP contribution in [0.1, 0.15) is 12.8 Å². The Balaban J connectivity index is 1.79. The van der Waals surface area contributed by atoms with E-state index in [-0.39, 0.29) is 4.90 Å². The van der Waals surface area contributed by atoms with Crippen molar-refractivity contribution in [2.45, 2.75) is 17.7 Å². The molecule has 7 heteroatoms. The second-order valence-electron chi connectivity index (χ2n) is 4.28. The number of rotatable bonds is 7. The van der Waals surface area contributed by atoms with E-state index in [1.165, 1.54) is 29.5 Å². The molecule has 0 aromatic carbocycles. The fourth-order valence-electron chi connectivity index (χ4n) is 1.41. The van der Waals surface area contributed by atoms with Crippen molar-refractivity contribution in [3.8, 4) is 0 Å². The topological polar surface area (TPSA) is 75.3 Å². The van der Waals surface area contributed by atoms with Crippen LogP contribution in [0.4, 0.5) is 0 Å². The molecule has 0 radical (unpaired) electrons. The lowest BCUT2D eigenvalue weighted by Gasteiger charge is -2.15. The van der Waals surface area contributed by atoms with E-state index in [0.29, 0.717) is 19.1 Å². The van der Waals surface area contributed by atoms with Gasteiger partial charge in [-0.2, -0.15) is 9.40 Å². The van der Waals surface area contributed by atoms with Gasteiger partial charge in [-0.1, -0.05) is 0 Å². The molecule has 1 heterocycles. The average molecular weight is 259 g/mol. The smallest absolute Gasteiger partial charge is 0.246 e. The third kappa shape index (κ3) is 3.27. The number of sulfonamides is 1. The van der Waals surface area contributed by atoms with E-state index in [1.54, 1.807) is 7.05 Å². The fourth-order valence-corrected chi connectivity index (χ4v) is 2.47. The van der Waals surface area contributed by atoms with Gasteiger partial charge in [-0.3, -0.25) is 5.10 Å². The molecular weight excluding hydrogens is 242 g/mol. The van der Waals surface area contributed by atoms with E-state index >= 15 is 0 Å². The second kappa shape index (κ2) is 5.16. The molecule has 17 heavy (non-hydrogen) atoms. The Bertz CT molecular complexity index is 439. The van der Waals surface area contributed by atoms with Gasteiger partial charge in [0.15, 0.2) is 0 Å². The van der Waals surface area contributed by atoms with Gasteiger partial charge in [0, 0.05) is 26.4 Å². The maximum Gasteiger partial charge on any atom is 0.246 e. The molecule has 2 rings (SSSR count). The summed E-state index contributed by atoms with van der Waals surface area (Å²) in [4.78, 5) is 0.183. The summed E-state index contributed by atoms with van der Waals surface area (Å²) < 4.78 is 30.6. The van der Waals surface area contributed by atoms with Crippen molar-refractivity contribution in [3.05, 3.63) is 12.4 Å². The van der Waals surface area contributed by atoms with Gasteiger partial charge in [-0.25, -0.2) is 8.42 Å². The molecule has 1 fully saturated rings. The first-order valence-corrected chi connectivity index (χ1v) is 7.07. The first-order valence-electron chi connectivity index (χ1n) is 5.63. The highest BCUT2D eigenvalue weighted by atomic mass is 32.2. The first kappa shape index (κ1) is 12.5. The monoisotopic (exact) mass is 259 g/mol. The normalized spacial score (nSPS) is 16.6. The molecule has 1 aliphatic carbocycles. The largest absolute Gasteiger partial charge is 0.380 e. The van der Waals surface area contributed by atoms with Crippen molar-refractivity contribution >= 4 is 10.0 Å². The van der Waals surface area contributed by atoms with Crippen LogP contribution in [0.25, 0.3) is 0 Å². The van der Waals surface area contributed by atoms with Gasteiger partial charge in [0.05, 0.1) is 12.8 Å². The number of H-pyrrole nitrogens is 1. The number of nitrogens with zero attached hydrogens (tertiary/aromatic N) is 2. The van der Waals surface area contributed by atoms with Crippen LogP contribution in [0.2, 0.25) is 0 Å². The van der Waals surface area contributed by atoms with Gasteiger partial charge in [0.1, 0.15) is 4.90 Å². The van der Waals surface area contributed by atoms with Gasteiger partial charge in [0.2, 0.25) is 10.0 Å². The number of ether oxygens (including phenoxy) is 1. The number of hydrogen-bond donors (Lipinski definition) is 1. The predicted molar refractivity (Wildman–Crippen MR) is 61.9 cm³/mol. The van der Waals surface area contributed by atoms with E-state index in [1.807, 2.05) is 0 Å². The minimum absolute atomic E-state index is 0.183. The van der Waals surface area contributed by atoms with Crippen LogP contribution in [0.5, 0.6) is 0 Å². The molecule has 0 spiro atoms. The molecule has 1 aliphatic rings. The molecule has 0 unspecified atom stereocenters. The number of likely N-dealkylation sites (N-methyl/N-ethyl adjacent to an activating group) is 1. The molecule has 1 aromatic heterocycles. The van der Waals surface area contributed by atoms with Gasteiger partial charge in [0.25, 0.3) is 0 Å². The van der Waals surface area contributed by atoms with E-state index in [0.717, 1.165) is 6.61 Å². The summed E-state index contributed by atoms with van der Waals surface area (Å²) in [6.45, 7) is 1.55. The molecule has 0 bridgehead atoms. The van der Waals surface area contributed by atoms with E-state index in [2.05, 4.69) is 10.2 Å². The maximum absolute atomic E-state index is 11.9. The van der Waals surface area contributed by atoms with E-state index in [9.17, 15) is 8.42 Å². The zero-order valence-corrected chi connectivity index (χ0v) is 10.6. The van der Waals surface area contributed by atoms with Crippen LogP contribution in [0.3, 0.4) is 0 Å². The highest BCUT2D eigenvalue weighted by Gasteiger charge is 2.23. The molecule has 0 saturated heterocycles. The number of aromatic nitrogens is 2. The standard InChI is InChI=1S/C10H17N3O3S/c1-13(4-5-16-8-9-2-3-9)17(14,15)10-6-11-12-7-10/h6-7,9H,2-5,8H2,1H3,(H,11,12). The van der Waals surface area contributed by atoms with Crippen molar-refractivity contribution in [1.29, 1.82) is 0 Å². The van der Waals surface area contributed by atoms with Gasteiger partial charge < -0.3 is 4.74 Å². The third-order valence-corrected chi connectivity index (χ3v) is 4.60. The SMILES string of the molecule is CN(CCOCC1CC1)S(=O)(=O)c1cn[nH]c1. The van der Waals surface area contributed by atoms with Crippen LogP contribution < -0.4 is 0 Å². The summed E-state index contributed by atoms with van der Waals surface area (Å²) in [6.07, 6.45) is 5.15. The van der Waals surface area contributed by atoms with Crippen molar-refractivity contribution in [3.63, 3.8) is 0 Å². The van der Waals surface area contributed by atoms with Crippen molar-refractivity contribution < 1.29 is 13.2 Å². The molecular formula is C10H17N3O3S. The van der Waals surface area contributed by atoms with E-state index < -0.39 is 10.0 Å². The van der Waals surface area contributed by atoms with Crippen LogP contribution in [-0.2, 0) is 14.8 Å². The average Bonchev–Trinajstić information content (AvgIpc) is 2.94. The maximum atomic E-state index is 11.9. The molecule has 1 N–H and O–H groups in total. The Morgan fingerprint density at radius 2 is 2.35 bits per heavy atom. The Morgan fingerprint density at radius 3 is 2.94 bits per heavy atom. The van der Waals surface area contributed by atoms with Crippen LogP contribution in [0.15, 0.2) is 17.3 Å². The summed E-state index contributed by atoms with van der Waals surface area (Å²) in [7, 11) is -1.88. The molecule has 1 saturated carbocycles. The summed E-state index contributed by atoms with van der Waals surface area (Å²) in [5.74, 6) is 0.700. The highest BCUT2D eigenvalue weighted by molar-refractivity contribution is 7.89. The first-order chi connectivity index (χ1) is 8.10. The summed E-state index contributed by atoms with van der Waals surface area (Å²) in [5.41, 5.74) is 0. The van der Waals surface area contributed by atoms with Gasteiger partial charge in [-0.05, 0) is 18.8 Å². The molecule has 0 aliphatic heterocycles. The fraction of sp³-hybridized carbons (Fsp3) is 0.700. The Morgan fingerprint density at radius 1 is 1.59 bits per heavy atom. The molecule has 0 atom stereocenters. The predicted octanol–water partition coefficient (Wildman–Crippen LogP) is 0.457. The van der Waals surface area contributed by atoms with Crippen molar-refractivity contribution in [2.75, 3.05) is 26.8 Å². The molecule has 6 nitrogen and oxygen atoms in total. The Kier molecular flexibility index (Phi) is 3.80. The Labute approximate surface area is 101 Å². The highest BCUT2D eigenvalue weighted by Crippen LogP contribution is 2.28. The number of aromatic amines is 1. The minimum atomic E-state index is -3.42. The third-order valence-electron chi connectivity index (χ3n) is 2.78. The molecule has 1 aromatic rings. The van der Waals surface area contributed by atoms with Gasteiger partial charge in [-0.15, -0.1) is 0 Å². The van der Waals surface area contributed by atoms with E-state index in [4.69, 9.17) is 4.74 Å². The summed E-state index contributed by atoms with van der Waals surface area (Å²) >= 11 is 0.